The first-order valence-electron chi connectivity index (χ1n) is 6.38. The van der Waals surface area contributed by atoms with E-state index in [4.69, 9.17) is 11.6 Å². The zero-order valence-electron chi connectivity index (χ0n) is 11.2. The van der Waals surface area contributed by atoms with Crippen LogP contribution in [0.3, 0.4) is 0 Å². The summed E-state index contributed by atoms with van der Waals surface area (Å²) in [6, 6.07) is 2.36. The van der Waals surface area contributed by atoms with Crippen LogP contribution in [0.25, 0.3) is 0 Å². The smallest absolute Gasteiger partial charge is 0.134 e. The molecule has 17 heavy (non-hydrogen) atoms. The standard InChI is InChI=1S/C13H22ClN3/c1-5-8-12-15-11(14)9-13(16-12)17(4)10(6-2)7-3/h9-10H,5-8H2,1-4H3. The van der Waals surface area contributed by atoms with Gasteiger partial charge >= 0.3 is 0 Å². The molecular weight excluding hydrogens is 234 g/mol. The molecule has 0 bridgehead atoms. The van der Waals surface area contributed by atoms with E-state index >= 15 is 0 Å². The summed E-state index contributed by atoms with van der Waals surface area (Å²) in [5, 5.41) is 0.538. The lowest BCUT2D eigenvalue weighted by Crippen LogP contribution is -2.31. The van der Waals surface area contributed by atoms with Gasteiger partial charge in [-0.05, 0) is 19.3 Å². The highest BCUT2D eigenvalue weighted by Crippen LogP contribution is 2.19. The van der Waals surface area contributed by atoms with Crippen molar-refractivity contribution >= 4 is 17.4 Å². The number of anilines is 1. The van der Waals surface area contributed by atoms with E-state index in [0.717, 1.165) is 37.3 Å². The van der Waals surface area contributed by atoms with Gasteiger partial charge in [0, 0.05) is 25.6 Å². The molecule has 0 radical (unpaired) electrons. The van der Waals surface area contributed by atoms with Crippen LogP contribution in [0.4, 0.5) is 5.82 Å². The highest BCUT2D eigenvalue weighted by Gasteiger charge is 2.14. The lowest BCUT2D eigenvalue weighted by molar-refractivity contribution is 0.585. The molecule has 0 fully saturated rings. The van der Waals surface area contributed by atoms with Gasteiger partial charge in [-0.1, -0.05) is 32.4 Å². The van der Waals surface area contributed by atoms with Crippen LogP contribution >= 0.6 is 11.6 Å². The van der Waals surface area contributed by atoms with Crippen LogP contribution in [-0.4, -0.2) is 23.1 Å². The molecule has 0 aliphatic carbocycles. The van der Waals surface area contributed by atoms with E-state index in [1.807, 2.05) is 6.07 Å². The van der Waals surface area contributed by atoms with Crippen LogP contribution in [-0.2, 0) is 6.42 Å². The SMILES string of the molecule is CCCc1nc(Cl)cc(N(C)C(CC)CC)n1. The van der Waals surface area contributed by atoms with Crippen molar-refractivity contribution in [3.63, 3.8) is 0 Å². The van der Waals surface area contributed by atoms with Crippen molar-refractivity contribution in [2.75, 3.05) is 11.9 Å². The Labute approximate surface area is 109 Å². The molecule has 1 aromatic rings. The van der Waals surface area contributed by atoms with Gasteiger partial charge in [-0.3, -0.25) is 0 Å². The van der Waals surface area contributed by atoms with Crippen LogP contribution in [0.5, 0.6) is 0 Å². The Balaban J connectivity index is 2.95. The maximum absolute atomic E-state index is 6.04. The van der Waals surface area contributed by atoms with Gasteiger partial charge in [0.15, 0.2) is 0 Å². The van der Waals surface area contributed by atoms with Crippen LogP contribution in [0.15, 0.2) is 6.07 Å². The summed E-state index contributed by atoms with van der Waals surface area (Å²) in [6.45, 7) is 6.51. The highest BCUT2D eigenvalue weighted by molar-refractivity contribution is 6.29. The third kappa shape index (κ3) is 3.84. The fourth-order valence-electron chi connectivity index (χ4n) is 1.99. The predicted molar refractivity (Wildman–Crippen MR) is 73.8 cm³/mol. The third-order valence-electron chi connectivity index (χ3n) is 3.05. The first-order valence-corrected chi connectivity index (χ1v) is 6.76. The van der Waals surface area contributed by atoms with Crippen molar-refractivity contribution in [1.82, 2.24) is 9.97 Å². The van der Waals surface area contributed by atoms with Gasteiger partial charge < -0.3 is 4.90 Å². The minimum atomic E-state index is 0.510. The molecule has 96 valence electrons. The average Bonchev–Trinajstić information content (AvgIpc) is 2.30. The van der Waals surface area contributed by atoms with Crippen LogP contribution in [0.1, 0.15) is 45.9 Å². The van der Waals surface area contributed by atoms with E-state index in [1.54, 1.807) is 0 Å². The molecule has 0 amide bonds. The Bertz CT molecular complexity index is 351. The number of aryl methyl sites for hydroxylation is 1. The summed E-state index contributed by atoms with van der Waals surface area (Å²) < 4.78 is 0. The Kier molecular flexibility index (Phi) is 5.69. The molecule has 1 aromatic heterocycles. The summed E-state index contributed by atoms with van der Waals surface area (Å²) in [5.74, 6) is 1.77. The predicted octanol–water partition coefficient (Wildman–Crippen LogP) is 3.71. The molecule has 0 aliphatic heterocycles. The van der Waals surface area contributed by atoms with Crippen LogP contribution in [0.2, 0.25) is 5.15 Å². The number of aromatic nitrogens is 2. The summed E-state index contributed by atoms with van der Waals surface area (Å²) in [5.41, 5.74) is 0. The molecule has 0 aromatic carbocycles. The fraction of sp³-hybridized carbons (Fsp3) is 0.692. The van der Waals surface area contributed by atoms with Gasteiger partial charge in [0.25, 0.3) is 0 Å². The zero-order valence-corrected chi connectivity index (χ0v) is 12.0. The Morgan fingerprint density at radius 1 is 1.24 bits per heavy atom. The molecular formula is C13H22ClN3. The zero-order chi connectivity index (χ0) is 12.8. The normalized spacial score (nSPS) is 10.9. The average molecular weight is 256 g/mol. The van der Waals surface area contributed by atoms with Crippen molar-refractivity contribution < 1.29 is 0 Å². The van der Waals surface area contributed by atoms with Gasteiger partial charge in [0.2, 0.25) is 0 Å². The van der Waals surface area contributed by atoms with Gasteiger partial charge in [-0.15, -0.1) is 0 Å². The molecule has 0 saturated heterocycles. The van der Waals surface area contributed by atoms with Crippen molar-refractivity contribution in [3.05, 3.63) is 17.0 Å². The number of rotatable bonds is 6. The van der Waals surface area contributed by atoms with Crippen molar-refractivity contribution in [1.29, 1.82) is 0 Å². The number of hydrogen-bond acceptors (Lipinski definition) is 3. The van der Waals surface area contributed by atoms with E-state index in [1.165, 1.54) is 0 Å². The first kappa shape index (κ1) is 14.2. The lowest BCUT2D eigenvalue weighted by Gasteiger charge is -2.27. The maximum atomic E-state index is 6.04. The molecule has 3 nitrogen and oxygen atoms in total. The minimum Gasteiger partial charge on any atom is -0.357 e. The number of hydrogen-bond donors (Lipinski definition) is 0. The van der Waals surface area contributed by atoms with E-state index in [-0.39, 0.29) is 0 Å². The van der Waals surface area contributed by atoms with E-state index in [9.17, 15) is 0 Å². The second-order valence-electron chi connectivity index (χ2n) is 4.30. The Morgan fingerprint density at radius 2 is 1.88 bits per heavy atom. The largest absolute Gasteiger partial charge is 0.357 e. The van der Waals surface area contributed by atoms with Gasteiger partial charge in [-0.25, -0.2) is 9.97 Å². The van der Waals surface area contributed by atoms with Gasteiger partial charge in [0.05, 0.1) is 0 Å². The quantitative estimate of drug-likeness (QED) is 0.726. The van der Waals surface area contributed by atoms with E-state index in [2.05, 4.69) is 42.7 Å². The molecule has 1 heterocycles. The van der Waals surface area contributed by atoms with Crippen LogP contribution < -0.4 is 4.90 Å². The lowest BCUT2D eigenvalue weighted by atomic mass is 10.1. The summed E-state index contributed by atoms with van der Waals surface area (Å²) in [7, 11) is 2.08. The number of halogens is 1. The third-order valence-corrected chi connectivity index (χ3v) is 3.25. The first-order chi connectivity index (χ1) is 8.12. The van der Waals surface area contributed by atoms with E-state index in [0.29, 0.717) is 11.2 Å². The molecule has 0 N–H and O–H groups in total. The molecule has 0 unspecified atom stereocenters. The van der Waals surface area contributed by atoms with Crippen molar-refractivity contribution in [3.8, 4) is 0 Å². The molecule has 4 heteroatoms. The summed E-state index contributed by atoms with van der Waals surface area (Å²) >= 11 is 6.04. The van der Waals surface area contributed by atoms with Crippen LogP contribution in [0, 0.1) is 0 Å². The topological polar surface area (TPSA) is 29.0 Å². The molecule has 1 rings (SSSR count). The van der Waals surface area contributed by atoms with Crippen molar-refractivity contribution in [2.45, 2.75) is 52.5 Å². The second-order valence-corrected chi connectivity index (χ2v) is 4.68. The van der Waals surface area contributed by atoms with Gasteiger partial charge in [-0.2, -0.15) is 0 Å². The summed E-state index contributed by atoms with van der Waals surface area (Å²) in [6.07, 6.45) is 4.13. The monoisotopic (exact) mass is 255 g/mol. The molecule has 0 aliphatic rings. The number of nitrogens with zero attached hydrogens (tertiary/aromatic N) is 3. The molecule has 0 spiro atoms. The Hall–Kier alpha value is -0.830. The van der Waals surface area contributed by atoms with Gasteiger partial charge in [0.1, 0.15) is 16.8 Å². The molecule has 0 saturated carbocycles. The Morgan fingerprint density at radius 3 is 2.41 bits per heavy atom. The van der Waals surface area contributed by atoms with E-state index < -0.39 is 0 Å². The minimum absolute atomic E-state index is 0.510. The highest BCUT2D eigenvalue weighted by atomic mass is 35.5. The summed E-state index contributed by atoms with van der Waals surface area (Å²) in [4.78, 5) is 11.0. The van der Waals surface area contributed by atoms with Crippen molar-refractivity contribution in [2.24, 2.45) is 0 Å². The molecule has 0 atom stereocenters. The second kappa shape index (κ2) is 6.80. The fourth-order valence-corrected chi connectivity index (χ4v) is 2.19. The maximum Gasteiger partial charge on any atom is 0.134 e.